The third kappa shape index (κ3) is 8.93. The second-order valence-electron chi connectivity index (χ2n) is 15.7. The van der Waals surface area contributed by atoms with Crippen LogP contribution in [0.1, 0.15) is 104 Å². The Bertz CT molecular complexity index is 1810. The summed E-state index contributed by atoms with van der Waals surface area (Å²) in [5.74, 6) is -0.402. The molecule has 2 aromatic carbocycles. The minimum atomic E-state index is -4.37. The minimum Gasteiger partial charge on any atom is -0.465 e. The Labute approximate surface area is 299 Å². The van der Waals surface area contributed by atoms with E-state index in [1.807, 2.05) is 20.8 Å². The molecule has 10 heteroatoms. The Morgan fingerprint density at radius 3 is 2.36 bits per heavy atom. The van der Waals surface area contributed by atoms with Gasteiger partial charge in [-0.05, 0) is 75.8 Å². The van der Waals surface area contributed by atoms with Crippen LogP contribution >= 0.6 is 0 Å². The Hall–Kier alpha value is -3.76. The largest absolute Gasteiger partial charge is 0.465 e. The number of aryl methyl sites for hydroxylation is 1. The molecule has 0 bridgehead atoms. The van der Waals surface area contributed by atoms with Gasteiger partial charge in [-0.25, -0.2) is 0 Å². The van der Waals surface area contributed by atoms with Gasteiger partial charge in [0.2, 0.25) is 11.6 Å². The summed E-state index contributed by atoms with van der Waals surface area (Å²) in [5, 5.41) is 2.82. The third-order valence-corrected chi connectivity index (χ3v) is 10.5. The van der Waals surface area contributed by atoms with E-state index in [0.29, 0.717) is 26.0 Å². The number of benzene rings is 2. The summed E-state index contributed by atoms with van der Waals surface area (Å²) < 4.78 is 41.5. The van der Waals surface area contributed by atoms with Crippen molar-refractivity contribution in [2.75, 3.05) is 31.1 Å². The molecule has 0 fully saturated rings. The van der Waals surface area contributed by atoms with E-state index in [1.165, 1.54) is 28.6 Å². The Balaban J connectivity index is 1.48. The summed E-state index contributed by atoms with van der Waals surface area (Å²) in [4.78, 5) is 26.6. The van der Waals surface area contributed by atoms with Crippen molar-refractivity contribution in [1.29, 1.82) is 0 Å². The monoisotopic (exact) mass is 706 g/mol. The van der Waals surface area contributed by atoms with Crippen molar-refractivity contribution in [2.24, 2.45) is 5.41 Å². The molecule has 0 aromatic heterocycles. The topological polar surface area (TPSA) is 116 Å². The Morgan fingerprint density at radius 1 is 0.980 bits per heavy atom. The molecule has 50 heavy (non-hydrogen) atoms. The van der Waals surface area contributed by atoms with Crippen LogP contribution in [-0.4, -0.2) is 61.4 Å². The number of hydrogen-bond donors (Lipinski definition) is 2. The van der Waals surface area contributed by atoms with Gasteiger partial charge in [0.25, 0.3) is 10.1 Å². The molecule has 4 rings (SSSR count). The summed E-state index contributed by atoms with van der Waals surface area (Å²) in [6.45, 7) is 21.1. The average Bonchev–Trinajstić information content (AvgIpc) is 3.36. The molecule has 0 saturated carbocycles. The maximum absolute atomic E-state index is 12.4. The SMILES string of the molecule is CCN1/C(=C/C=C/C2=[N+](CCCCCC(=O)NCCC(=O)OCC(C)(C)C)c3ccc(S(=O)(=O)O)cc3C2(C)C)C(C)(C)c2cc(C)ccc21. The summed E-state index contributed by atoms with van der Waals surface area (Å²) in [5.41, 5.74) is 6.95. The summed E-state index contributed by atoms with van der Waals surface area (Å²) in [6.07, 6.45) is 9.25. The molecule has 0 aliphatic carbocycles. The van der Waals surface area contributed by atoms with Gasteiger partial charge >= 0.3 is 5.97 Å². The maximum Gasteiger partial charge on any atom is 0.307 e. The van der Waals surface area contributed by atoms with Crippen molar-refractivity contribution in [3.8, 4) is 0 Å². The van der Waals surface area contributed by atoms with Crippen LogP contribution in [0.2, 0.25) is 0 Å². The first-order chi connectivity index (χ1) is 23.3. The first-order valence-electron chi connectivity index (χ1n) is 17.7. The highest BCUT2D eigenvalue weighted by Crippen LogP contribution is 2.48. The second kappa shape index (κ2) is 15.2. The number of nitrogens with zero attached hydrogens (tertiary/aromatic N) is 2. The lowest BCUT2D eigenvalue weighted by Gasteiger charge is -2.25. The number of hydrogen-bond acceptors (Lipinski definition) is 6. The van der Waals surface area contributed by atoms with E-state index < -0.39 is 15.5 Å². The third-order valence-electron chi connectivity index (χ3n) is 9.64. The number of amides is 1. The quantitative estimate of drug-likeness (QED) is 0.0903. The minimum absolute atomic E-state index is 0.0875. The van der Waals surface area contributed by atoms with E-state index in [0.717, 1.165) is 36.3 Å². The van der Waals surface area contributed by atoms with Crippen molar-refractivity contribution < 1.29 is 31.9 Å². The zero-order valence-corrected chi connectivity index (χ0v) is 32.2. The number of likely N-dealkylation sites (N-methyl/N-ethyl adjacent to an activating group) is 1. The molecule has 0 spiro atoms. The number of fused-ring (bicyclic) bond motifs is 2. The van der Waals surface area contributed by atoms with Crippen LogP contribution in [0.4, 0.5) is 11.4 Å². The van der Waals surface area contributed by atoms with E-state index in [2.05, 4.69) is 92.8 Å². The number of nitrogens with one attached hydrogen (secondary N) is 1. The van der Waals surface area contributed by atoms with E-state index in [9.17, 15) is 22.6 Å². The lowest BCUT2D eigenvalue weighted by molar-refractivity contribution is -0.438. The van der Waals surface area contributed by atoms with E-state index in [1.54, 1.807) is 12.1 Å². The van der Waals surface area contributed by atoms with Gasteiger partial charge in [-0.3, -0.25) is 14.1 Å². The van der Waals surface area contributed by atoms with E-state index in [4.69, 9.17) is 4.74 Å². The van der Waals surface area contributed by atoms with Crippen molar-refractivity contribution in [3.05, 3.63) is 77.0 Å². The van der Waals surface area contributed by atoms with Gasteiger partial charge in [0.1, 0.15) is 6.54 Å². The van der Waals surface area contributed by atoms with Crippen molar-refractivity contribution in [2.45, 2.75) is 110 Å². The standard InChI is InChI=1S/C40H55N3O6S/c1-10-42-32-20-18-28(2)25-30(32)39(6,7)34(42)15-14-16-35-40(8,9)31-26-29(50(46,47)48)19-21-33(31)43(35)24-13-11-12-17-36(44)41-23-22-37(45)49-27-38(3,4)5/h14-16,18-21,25-26H,10-13,17,22-24,27H2,1-9H3,(H-,41,44,46,47,48)/p+1. The molecule has 2 N–H and O–H groups in total. The number of ether oxygens (including phenoxy) is 1. The summed E-state index contributed by atoms with van der Waals surface area (Å²) in [6, 6.07) is 11.4. The van der Waals surface area contributed by atoms with E-state index in [-0.39, 0.29) is 40.6 Å². The molecule has 0 saturated heterocycles. The lowest BCUT2D eigenvalue weighted by Crippen LogP contribution is -2.28. The molecule has 1 amide bonds. The first-order valence-corrected chi connectivity index (χ1v) is 19.2. The zero-order chi connectivity index (χ0) is 37.1. The van der Waals surface area contributed by atoms with Crippen LogP contribution in [0.15, 0.2) is 65.2 Å². The summed E-state index contributed by atoms with van der Waals surface area (Å²) in [7, 11) is -4.37. The fraction of sp³-hybridized carbons (Fsp3) is 0.525. The smallest absolute Gasteiger partial charge is 0.307 e. The predicted octanol–water partition coefficient (Wildman–Crippen LogP) is 7.53. The molecule has 2 aromatic rings. The fourth-order valence-corrected chi connectivity index (χ4v) is 7.42. The van der Waals surface area contributed by atoms with Crippen LogP contribution in [-0.2, 0) is 35.3 Å². The highest BCUT2D eigenvalue weighted by Gasteiger charge is 2.45. The highest BCUT2D eigenvalue weighted by atomic mass is 32.2. The predicted molar refractivity (Wildman–Crippen MR) is 200 cm³/mol. The molecule has 9 nitrogen and oxygen atoms in total. The molecular weight excluding hydrogens is 651 g/mol. The number of rotatable bonds is 14. The zero-order valence-electron chi connectivity index (χ0n) is 31.4. The summed E-state index contributed by atoms with van der Waals surface area (Å²) >= 11 is 0. The number of anilines is 1. The van der Waals surface area contributed by atoms with Gasteiger partial charge in [-0.2, -0.15) is 13.0 Å². The number of allylic oxidation sites excluding steroid dienone is 4. The van der Waals surface area contributed by atoms with Gasteiger partial charge in [0.05, 0.1) is 23.3 Å². The molecular formula is C40H56N3O6S+. The molecule has 2 aliphatic heterocycles. The number of unbranched alkanes of at least 4 members (excludes halogenated alkanes) is 2. The first kappa shape index (κ1) is 39.0. The molecule has 2 aliphatic rings. The van der Waals surface area contributed by atoms with Crippen LogP contribution in [0, 0.1) is 12.3 Å². The molecule has 2 heterocycles. The fourth-order valence-electron chi connectivity index (χ4n) is 6.91. The van der Waals surface area contributed by atoms with Crippen molar-refractivity contribution >= 4 is 39.1 Å². The number of esters is 1. The van der Waals surface area contributed by atoms with Gasteiger partial charge in [0.15, 0.2) is 5.71 Å². The molecule has 0 atom stereocenters. The van der Waals surface area contributed by atoms with Crippen LogP contribution in [0.3, 0.4) is 0 Å². The van der Waals surface area contributed by atoms with Gasteiger partial charge in [-0.1, -0.05) is 58.4 Å². The second-order valence-corrected chi connectivity index (χ2v) is 17.2. The van der Waals surface area contributed by atoms with Crippen LogP contribution in [0.25, 0.3) is 0 Å². The number of carbonyl (C=O) groups is 2. The Morgan fingerprint density at radius 2 is 1.70 bits per heavy atom. The lowest BCUT2D eigenvalue weighted by atomic mass is 9.81. The maximum atomic E-state index is 12.4. The number of carbonyl (C=O) groups excluding carboxylic acids is 2. The van der Waals surface area contributed by atoms with E-state index >= 15 is 0 Å². The van der Waals surface area contributed by atoms with Crippen LogP contribution in [0.5, 0.6) is 0 Å². The Kier molecular flexibility index (Phi) is 11.9. The van der Waals surface area contributed by atoms with Gasteiger partial charge in [-0.15, -0.1) is 0 Å². The van der Waals surface area contributed by atoms with Crippen molar-refractivity contribution in [1.82, 2.24) is 5.32 Å². The molecule has 0 radical (unpaired) electrons. The highest BCUT2D eigenvalue weighted by molar-refractivity contribution is 7.85. The van der Waals surface area contributed by atoms with Gasteiger partial charge < -0.3 is 15.0 Å². The molecule has 0 unspecified atom stereocenters. The average molecular weight is 707 g/mol. The normalized spacial score (nSPS) is 17.4. The van der Waals surface area contributed by atoms with Crippen molar-refractivity contribution in [3.63, 3.8) is 0 Å². The molecule has 272 valence electrons. The van der Waals surface area contributed by atoms with Crippen LogP contribution < -0.4 is 10.2 Å². The van der Waals surface area contributed by atoms with Gasteiger partial charge in [0, 0.05) is 60.4 Å².